The Morgan fingerprint density at radius 2 is 2.06 bits per heavy atom. The van der Waals surface area contributed by atoms with E-state index in [4.69, 9.17) is 5.11 Å². The predicted octanol–water partition coefficient (Wildman–Crippen LogP) is 1.26. The molecule has 0 saturated heterocycles. The molecule has 0 aliphatic rings. The fraction of sp³-hybridized carbons (Fsp3) is 0.250. The van der Waals surface area contributed by atoms with Crippen molar-refractivity contribution in [1.82, 2.24) is 15.0 Å². The van der Waals surface area contributed by atoms with Gasteiger partial charge in [0.1, 0.15) is 0 Å². The van der Waals surface area contributed by atoms with E-state index < -0.39 is 5.97 Å². The summed E-state index contributed by atoms with van der Waals surface area (Å²) in [6.07, 6.45) is -0.0827. The van der Waals surface area contributed by atoms with Crippen molar-refractivity contribution in [2.24, 2.45) is 0 Å². The smallest absolute Gasteiger partial charge is 0.309 e. The molecule has 17 heavy (non-hydrogen) atoms. The Bertz CT molecular complexity index is 520. The molecule has 0 bridgehead atoms. The highest BCUT2D eigenvalue weighted by atomic mass is 16.4. The zero-order valence-electron chi connectivity index (χ0n) is 9.50. The molecule has 2 rings (SSSR count). The van der Waals surface area contributed by atoms with Gasteiger partial charge in [0.15, 0.2) is 0 Å². The summed E-state index contributed by atoms with van der Waals surface area (Å²) < 4.78 is 1.72. The van der Waals surface area contributed by atoms with Crippen molar-refractivity contribution in [1.29, 1.82) is 0 Å². The molecule has 1 N–H and O–H groups in total. The van der Waals surface area contributed by atoms with E-state index in [1.807, 2.05) is 37.3 Å². The summed E-state index contributed by atoms with van der Waals surface area (Å²) in [4.78, 5) is 10.6. The monoisotopic (exact) mass is 231 g/mol. The topological polar surface area (TPSA) is 68.0 Å². The first-order valence-corrected chi connectivity index (χ1v) is 5.31. The molecule has 0 atom stereocenters. The van der Waals surface area contributed by atoms with E-state index in [0.29, 0.717) is 12.2 Å². The highest BCUT2D eigenvalue weighted by molar-refractivity contribution is 5.69. The predicted molar refractivity (Wildman–Crippen MR) is 61.6 cm³/mol. The van der Waals surface area contributed by atoms with Gasteiger partial charge in [0.2, 0.25) is 0 Å². The maximum atomic E-state index is 10.6. The van der Waals surface area contributed by atoms with Crippen molar-refractivity contribution in [2.75, 3.05) is 0 Å². The van der Waals surface area contributed by atoms with Crippen molar-refractivity contribution in [3.05, 3.63) is 47.3 Å². The molecule has 0 unspecified atom stereocenters. The molecule has 0 amide bonds. The zero-order chi connectivity index (χ0) is 12.3. The summed E-state index contributed by atoms with van der Waals surface area (Å²) in [7, 11) is 0. The summed E-state index contributed by atoms with van der Waals surface area (Å²) in [6, 6.07) is 9.86. The van der Waals surface area contributed by atoms with Crippen LogP contribution < -0.4 is 0 Å². The number of nitrogens with zero attached hydrogens (tertiary/aromatic N) is 3. The van der Waals surface area contributed by atoms with Gasteiger partial charge < -0.3 is 5.11 Å². The van der Waals surface area contributed by atoms with E-state index in [9.17, 15) is 4.79 Å². The average Bonchev–Trinajstić information content (AvgIpc) is 2.62. The van der Waals surface area contributed by atoms with Gasteiger partial charge in [-0.05, 0) is 12.5 Å². The Kier molecular flexibility index (Phi) is 3.18. The van der Waals surface area contributed by atoms with Crippen molar-refractivity contribution in [3.63, 3.8) is 0 Å². The Labute approximate surface area is 98.7 Å². The van der Waals surface area contributed by atoms with Crippen LogP contribution in [0.5, 0.6) is 0 Å². The van der Waals surface area contributed by atoms with Crippen LogP contribution in [0.1, 0.15) is 17.0 Å². The second-order valence-electron chi connectivity index (χ2n) is 3.84. The van der Waals surface area contributed by atoms with Crippen LogP contribution in [0.3, 0.4) is 0 Å². The Balaban J connectivity index is 2.18. The number of hydrogen-bond acceptors (Lipinski definition) is 3. The van der Waals surface area contributed by atoms with Gasteiger partial charge in [0.05, 0.1) is 24.4 Å². The van der Waals surface area contributed by atoms with E-state index in [1.165, 1.54) is 0 Å². The lowest BCUT2D eigenvalue weighted by molar-refractivity contribution is -0.136. The third-order valence-corrected chi connectivity index (χ3v) is 2.57. The van der Waals surface area contributed by atoms with Crippen molar-refractivity contribution in [2.45, 2.75) is 19.9 Å². The normalized spacial score (nSPS) is 10.4. The zero-order valence-corrected chi connectivity index (χ0v) is 9.50. The molecule has 1 aromatic heterocycles. The second kappa shape index (κ2) is 4.78. The van der Waals surface area contributed by atoms with Crippen LogP contribution in [0.15, 0.2) is 30.3 Å². The molecule has 5 heteroatoms. The number of hydrogen-bond donors (Lipinski definition) is 1. The van der Waals surface area contributed by atoms with Crippen LogP contribution in [-0.4, -0.2) is 26.1 Å². The number of rotatable bonds is 4. The standard InChI is InChI=1S/C12H13N3O2/c1-9-11(7-12(16)17)13-14-15(9)8-10-5-3-2-4-6-10/h2-6H,7-8H2,1H3,(H,16,17). The number of aromatic nitrogens is 3. The fourth-order valence-corrected chi connectivity index (χ4v) is 1.61. The minimum absolute atomic E-state index is 0.0827. The number of carboxylic acids is 1. The van der Waals surface area contributed by atoms with Crippen LogP contribution >= 0.6 is 0 Å². The third-order valence-electron chi connectivity index (χ3n) is 2.57. The Morgan fingerprint density at radius 3 is 2.71 bits per heavy atom. The summed E-state index contributed by atoms with van der Waals surface area (Å²) in [5.74, 6) is -0.889. The van der Waals surface area contributed by atoms with Gasteiger partial charge >= 0.3 is 5.97 Å². The number of aliphatic carboxylic acids is 1. The molecule has 0 spiro atoms. The first kappa shape index (κ1) is 11.3. The lowest BCUT2D eigenvalue weighted by Gasteiger charge is -2.03. The first-order chi connectivity index (χ1) is 8.16. The molecule has 2 aromatic rings. The molecule has 1 heterocycles. The maximum absolute atomic E-state index is 10.6. The van der Waals surface area contributed by atoms with Crippen LogP contribution in [0.25, 0.3) is 0 Å². The summed E-state index contributed by atoms with van der Waals surface area (Å²) in [6.45, 7) is 2.44. The largest absolute Gasteiger partial charge is 0.481 e. The van der Waals surface area contributed by atoms with Gasteiger partial charge in [-0.15, -0.1) is 5.10 Å². The molecule has 88 valence electrons. The minimum Gasteiger partial charge on any atom is -0.481 e. The molecule has 0 radical (unpaired) electrons. The Hall–Kier alpha value is -2.17. The number of benzene rings is 1. The molecular formula is C12H13N3O2. The first-order valence-electron chi connectivity index (χ1n) is 5.31. The highest BCUT2D eigenvalue weighted by Gasteiger charge is 2.11. The van der Waals surface area contributed by atoms with Crippen LogP contribution in [-0.2, 0) is 17.8 Å². The molecule has 0 aliphatic heterocycles. The van der Waals surface area contributed by atoms with Gasteiger partial charge in [0.25, 0.3) is 0 Å². The molecular weight excluding hydrogens is 218 g/mol. The second-order valence-corrected chi connectivity index (χ2v) is 3.84. The van der Waals surface area contributed by atoms with E-state index in [0.717, 1.165) is 11.3 Å². The summed E-state index contributed by atoms with van der Waals surface area (Å²) >= 11 is 0. The molecule has 5 nitrogen and oxygen atoms in total. The number of carboxylic acid groups (broad SMARTS) is 1. The summed E-state index contributed by atoms with van der Waals surface area (Å²) in [5.41, 5.74) is 2.44. The third kappa shape index (κ3) is 2.69. The van der Waals surface area contributed by atoms with Crippen LogP contribution in [0.2, 0.25) is 0 Å². The molecule has 0 aliphatic carbocycles. The highest BCUT2D eigenvalue weighted by Crippen LogP contribution is 2.08. The van der Waals surface area contributed by atoms with E-state index >= 15 is 0 Å². The molecule has 0 saturated carbocycles. The van der Waals surface area contributed by atoms with E-state index in [-0.39, 0.29) is 6.42 Å². The van der Waals surface area contributed by atoms with Gasteiger partial charge in [-0.3, -0.25) is 4.79 Å². The summed E-state index contributed by atoms with van der Waals surface area (Å²) in [5, 5.41) is 16.6. The van der Waals surface area contributed by atoms with Crippen LogP contribution in [0.4, 0.5) is 0 Å². The lowest BCUT2D eigenvalue weighted by atomic mass is 10.2. The molecule has 0 fully saturated rings. The van der Waals surface area contributed by atoms with Gasteiger partial charge in [-0.1, -0.05) is 35.5 Å². The van der Waals surface area contributed by atoms with Crippen LogP contribution in [0, 0.1) is 6.92 Å². The van der Waals surface area contributed by atoms with Crippen molar-refractivity contribution < 1.29 is 9.90 Å². The van der Waals surface area contributed by atoms with E-state index in [2.05, 4.69) is 10.3 Å². The average molecular weight is 231 g/mol. The number of carbonyl (C=O) groups is 1. The van der Waals surface area contributed by atoms with Gasteiger partial charge in [-0.2, -0.15) is 0 Å². The lowest BCUT2D eigenvalue weighted by Crippen LogP contribution is -2.05. The van der Waals surface area contributed by atoms with Gasteiger partial charge in [0, 0.05) is 0 Å². The van der Waals surface area contributed by atoms with Crippen molar-refractivity contribution >= 4 is 5.97 Å². The quantitative estimate of drug-likeness (QED) is 0.860. The SMILES string of the molecule is Cc1c(CC(=O)O)nnn1Cc1ccccc1. The molecule has 1 aromatic carbocycles. The van der Waals surface area contributed by atoms with E-state index in [1.54, 1.807) is 4.68 Å². The van der Waals surface area contributed by atoms with Crippen molar-refractivity contribution in [3.8, 4) is 0 Å². The Morgan fingerprint density at radius 1 is 1.35 bits per heavy atom. The minimum atomic E-state index is -0.889. The maximum Gasteiger partial charge on any atom is 0.309 e. The fourth-order valence-electron chi connectivity index (χ4n) is 1.61. The van der Waals surface area contributed by atoms with Gasteiger partial charge in [-0.25, -0.2) is 4.68 Å².